The highest BCUT2D eigenvalue weighted by Gasteiger charge is 2.36. The molecule has 1 aliphatic heterocycles. The Hall–Kier alpha value is -3.13. The van der Waals surface area contributed by atoms with Crippen molar-refractivity contribution in [2.24, 2.45) is 0 Å². The maximum absolute atomic E-state index is 12.8. The minimum atomic E-state index is -0.847. The number of imide groups is 2. The summed E-state index contributed by atoms with van der Waals surface area (Å²) in [6.45, 7) is 3.81. The fraction of sp³-hybridized carbons (Fsp3) is 0.150. The number of nitrogens with zero attached hydrogens (tertiary/aromatic N) is 1. The van der Waals surface area contributed by atoms with Crippen LogP contribution in [0.1, 0.15) is 19.4 Å². The fourth-order valence-electron chi connectivity index (χ4n) is 2.62. The molecule has 4 amide bonds. The second kappa shape index (κ2) is 7.85. The lowest BCUT2D eigenvalue weighted by Crippen LogP contribution is -2.54. The molecule has 7 nitrogen and oxygen atoms in total. The summed E-state index contributed by atoms with van der Waals surface area (Å²) in [6.07, 6.45) is 1.40. The van der Waals surface area contributed by atoms with Gasteiger partial charge in [-0.25, -0.2) is 9.69 Å². The SMILES string of the molecule is CC(C)Oc1ccc(/C=C2\C(=O)NC(=O)N(c3ccc(O)cc3)C2=O)cc1Br. The van der Waals surface area contributed by atoms with Gasteiger partial charge in [0.15, 0.2) is 0 Å². The molecule has 0 aromatic heterocycles. The first-order chi connectivity index (χ1) is 13.3. The monoisotopic (exact) mass is 444 g/mol. The van der Waals surface area contributed by atoms with Gasteiger partial charge in [-0.15, -0.1) is 0 Å². The molecule has 2 aromatic carbocycles. The third-order valence-corrected chi connectivity index (χ3v) is 4.46. The molecule has 0 radical (unpaired) electrons. The third-order valence-electron chi connectivity index (χ3n) is 3.84. The summed E-state index contributed by atoms with van der Waals surface area (Å²) in [5.74, 6) is -0.895. The highest BCUT2D eigenvalue weighted by molar-refractivity contribution is 9.10. The lowest BCUT2D eigenvalue weighted by atomic mass is 10.1. The van der Waals surface area contributed by atoms with E-state index in [1.807, 2.05) is 13.8 Å². The number of nitrogens with one attached hydrogen (secondary N) is 1. The second-order valence-corrected chi connectivity index (χ2v) is 7.19. The summed E-state index contributed by atoms with van der Waals surface area (Å²) in [4.78, 5) is 38.0. The van der Waals surface area contributed by atoms with Crippen molar-refractivity contribution in [3.05, 3.63) is 58.1 Å². The predicted octanol–water partition coefficient (Wildman–Crippen LogP) is 3.61. The maximum atomic E-state index is 12.8. The van der Waals surface area contributed by atoms with Crippen LogP contribution in [0.3, 0.4) is 0 Å². The van der Waals surface area contributed by atoms with Crippen molar-refractivity contribution in [1.82, 2.24) is 5.32 Å². The molecule has 8 heteroatoms. The molecule has 1 fully saturated rings. The largest absolute Gasteiger partial charge is 0.508 e. The van der Waals surface area contributed by atoms with Crippen molar-refractivity contribution in [3.8, 4) is 11.5 Å². The van der Waals surface area contributed by atoms with Crippen molar-refractivity contribution in [2.75, 3.05) is 4.90 Å². The van der Waals surface area contributed by atoms with Gasteiger partial charge >= 0.3 is 6.03 Å². The summed E-state index contributed by atoms with van der Waals surface area (Å²) in [5, 5.41) is 11.5. The number of benzene rings is 2. The number of halogens is 1. The van der Waals surface area contributed by atoms with Crippen molar-refractivity contribution in [3.63, 3.8) is 0 Å². The number of ether oxygens (including phenoxy) is 1. The van der Waals surface area contributed by atoms with E-state index in [0.29, 0.717) is 15.8 Å². The predicted molar refractivity (Wildman–Crippen MR) is 107 cm³/mol. The third kappa shape index (κ3) is 4.07. The van der Waals surface area contributed by atoms with Crippen LogP contribution in [0.2, 0.25) is 0 Å². The van der Waals surface area contributed by atoms with Crippen molar-refractivity contribution in [1.29, 1.82) is 0 Å². The number of hydrogen-bond donors (Lipinski definition) is 2. The molecule has 2 N–H and O–H groups in total. The Kier molecular flexibility index (Phi) is 5.51. The van der Waals surface area contributed by atoms with Gasteiger partial charge in [-0.3, -0.25) is 14.9 Å². The van der Waals surface area contributed by atoms with Crippen LogP contribution in [0.5, 0.6) is 11.5 Å². The zero-order chi connectivity index (χ0) is 20.4. The number of aromatic hydroxyl groups is 1. The number of carbonyl (C=O) groups excluding carboxylic acids is 3. The Morgan fingerprint density at radius 1 is 1.11 bits per heavy atom. The van der Waals surface area contributed by atoms with Crippen LogP contribution in [-0.2, 0) is 9.59 Å². The second-order valence-electron chi connectivity index (χ2n) is 6.33. The summed E-state index contributed by atoms with van der Waals surface area (Å²) in [5.41, 5.74) is 0.638. The number of carbonyl (C=O) groups is 3. The first-order valence-corrected chi connectivity index (χ1v) is 9.22. The molecule has 0 aliphatic carbocycles. The van der Waals surface area contributed by atoms with Gasteiger partial charge in [-0.1, -0.05) is 6.07 Å². The molecular formula is C20H17BrN2O5. The molecular weight excluding hydrogens is 428 g/mol. The van der Waals surface area contributed by atoms with Crippen LogP contribution in [0.15, 0.2) is 52.5 Å². The van der Waals surface area contributed by atoms with Gasteiger partial charge in [0.25, 0.3) is 11.8 Å². The standard InChI is InChI=1S/C20H17BrN2O5/c1-11(2)28-17-8-3-12(10-16(17)21)9-15-18(25)22-20(27)23(19(15)26)13-4-6-14(24)7-5-13/h3-11,24H,1-2H3,(H,22,25,27)/b15-9+. The first-order valence-electron chi connectivity index (χ1n) is 8.43. The Morgan fingerprint density at radius 3 is 2.39 bits per heavy atom. The van der Waals surface area contributed by atoms with Crippen LogP contribution in [0.25, 0.3) is 6.08 Å². The van der Waals surface area contributed by atoms with Gasteiger partial charge in [-0.2, -0.15) is 0 Å². The van der Waals surface area contributed by atoms with Gasteiger partial charge in [0.2, 0.25) is 0 Å². The van der Waals surface area contributed by atoms with Crippen LogP contribution in [-0.4, -0.2) is 29.1 Å². The van der Waals surface area contributed by atoms with Crippen molar-refractivity contribution in [2.45, 2.75) is 20.0 Å². The highest BCUT2D eigenvalue weighted by atomic mass is 79.9. The van der Waals surface area contributed by atoms with E-state index in [2.05, 4.69) is 21.2 Å². The maximum Gasteiger partial charge on any atom is 0.335 e. The van der Waals surface area contributed by atoms with Crippen LogP contribution in [0, 0.1) is 0 Å². The van der Waals surface area contributed by atoms with E-state index in [4.69, 9.17) is 4.74 Å². The Labute approximate surface area is 169 Å². The number of amides is 4. The molecule has 1 saturated heterocycles. The van der Waals surface area contributed by atoms with E-state index in [0.717, 1.165) is 4.90 Å². The van der Waals surface area contributed by atoms with Gasteiger partial charge in [-0.05, 0) is 77.8 Å². The molecule has 0 unspecified atom stereocenters. The summed E-state index contributed by atoms with van der Waals surface area (Å²) >= 11 is 3.41. The average molecular weight is 445 g/mol. The molecule has 0 bridgehead atoms. The zero-order valence-corrected chi connectivity index (χ0v) is 16.7. The molecule has 1 aliphatic rings. The summed E-state index contributed by atoms with van der Waals surface area (Å²) in [6, 6.07) is 9.82. The van der Waals surface area contributed by atoms with Crippen molar-refractivity contribution < 1.29 is 24.2 Å². The van der Waals surface area contributed by atoms with Crippen LogP contribution < -0.4 is 15.0 Å². The smallest absolute Gasteiger partial charge is 0.335 e. The summed E-state index contributed by atoms with van der Waals surface area (Å²) in [7, 11) is 0. The molecule has 1 heterocycles. The van der Waals surface area contributed by atoms with Gasteiger partial charge in [0, 0.05) is 0 Å². The molecule has 144 valence electrons. The lowest BCUT2D eigenvalue weighted by Gasteiger charge is -2.26. The van der Waals surface area contributed by atoms with Gasteiger partial charge in [0.1, 0.15) is 17.1 Å². The van der Waals surface area contributed by atoms with E-state index in [1.54, 1.807) is 18.2 Å². The normalized spacial score (nSPS) is 15.9. The average Bonchev–Trinajstić information content (AvgIpc) is 2.62. The quantitative estimate of drug-likeness (QED) is 0.554. The minimum Gasteiger partial charge on any atom is -0.508 e. The van der Waals surface area contributed by atoms with E-state index in [-0.39, 0.29) is 23.1 Å². The number of anilines is 1. The van der Waals surface area contributed by atoms with Gasteiger partial charge in [0.05, 0.1) is 16.3 Å². The van der Waals surface area contributed by atoms with E-state index >= 15 is 0 Å². The Bertz CT molecular complexity index is 983. The minimum absolute atomic E-state index is 0.00363. The van der Waals surface area contributed by atoms with Crippen LogP contribution in [0.4, 0.5) is 10.5 Å². The molecule has 28 heavy (non-hydrogen) atoms. The van der Waals surface area contributed by atoms with E-state index in [1.165, 1.54) is 30.3 Å². The van der Waals surface area contributed by atoms with E-state index in [9.17, 15) is 19.5 Å². The molecule has 2 aromatic rings. The number of barbiturate groups is 1. The number of phenolic OH excluding ortho intramolecular Hbond substituents is 1. The van der Waals surface area contributed by atoms with Gasteiger partial charge < -0.3 is 9.84 Å². The highest BCUT2D eigenvalue weighted by Crippen LogP contribution is 2.29. The fourth-order valence-corrected chi connectivity index (χ4v) is 3.11. The number of hydrogen-bond acceptors (Lipinski definition) is 5. The summed E-state index contributed by atoms with van der Waals surface area (Å²) < 4.78 is 6.32. The Morgan fingerprint density at radius 2 is 1.79 bits per heavy atom. The number of urea groups is 1. The lowest BCUT2D eigenvalue weighted by molar-refractivity contribution is -0.122. The number of rotatable bonds is 4. The Balaban J connectivity index is 1.95. The topological polar surface area (TPSA) is 95.9 Å². The van der Waals surface area contributed by atoms with Crippen molar-refractivity contribution >= 4 is 45.5 Å². The molecule has 0 atom stereocenters. The molecule has 0 spiro atoms. The molecule has 0 saturated carbocycles. The number of phenols is 1. The molecule has 3 rings (SSSR count). The zero-order valence-electron chi connectivity index (χ0n) is 15.1. The van der Waals surface area contributed by atoms with Crippen LogP contribution >= 0.6 is 15.9 Å². The first kappa shape index (κ1) is 19.6. The van der Waals surface area contributed by atoms with E-state index < -0.39 is 17.8 Å².